The summed E-state index contributed by atoms with van der Waals surface area (Å²) in [7, 11) is 0. The highest BCUT2D eigenvalue weighted by atomic mass is 32.1. The number of carbonyl (C=O) groups is 1. The fourth-order valence-electron chi connectivity index (χ4n) is 1.63. The van der Waals surface area contributed by atoms with Gasteiger partial charge in [-0.15, -0.1) is 11.3 Å². The molecule has 16 heavy (non-hydrogen) atoms. The van der Waals surface area contributed by atoms with E-state index < -0.39 is 5.97 Å². The Bertz CT molecular complexity index is 516. The molecule has 0 radical (unpaired) electrons. The van der Waals surface area contributed by atoms with Crippen molar-refractivity contribution in [3.63, 3.8) is 0 Å². The van der Waals surface area contributed by atoms with Gasteiger partial charge in [0, 0.05) is 11.1 Å². The van der Waals surface area contributed by atoms with Gasteiger partial charge in [-0.25, -0.2) is 4.79 Å². The summed E-state index contributed by atoms with van der Waals surface area (Å²) in [6.45, 7) is 4.05. The monoisotopic (exact) mass is 237 g/mol. The quantitative estimate of drug-likeness (QED) is 0.882. The maximum atomic E-state index is 11.0. The van der Waals surface area contributed by atoms with Crippen molar-refractivity contribution in [2.75, 3.05) is 0 Å². The van der Waals surface area contributed by atoms with Crippen molar-refractivity contribution < 1.29 is 9.90 Å². The smallest absolute Gasteiger partial charge is 0.339 e. The van der Waals surface area contributed by atoms with Gasteiger partial charge in [-0.3, -0.25) is 9.67 Å². The minimum absolute atomic E-state index is 0.296. The van der Waals surface area contributed by atoms with Crippen LogP contribution in [0.15, 0.2) is 11.7 Å². The molecule has 84 valence electrons. The molecular formula is C10H11N3O2S. The van der Waals surface area contributed by atoms with Crippen LogP contribution in [0.4, 0.5) is 0 Å². The van der Waals surface area contributed by atoms with Crippen LogP contribution in [-0.4, -0.2) is 25.8 Å². The summed E-state index contributed by atoms with van der Waals surface area (Å²) in [5.41, 5.74) is 3.27. The number of carboxylic acids is 1. The second-order valence-electron chi connectivity index (χ2n) is 3.48. The highest BCUT2D eigenvalue weighted by molar-refractivity contribution is 7.09. The van der Waals surface area contributed by atoms with Crippen LogP contribution in [0.25, 0.3) is 0 Å². The number of hydrogen-bond acceptors (Lipinski definition) is 4. The predicted octanol–water partition coefficient (Wildman–Crippen LogP) is 1.70. The molecule has 0 amide bonds. The van der Waals surface area contributed by atoms with Crippen LogP contribution in [0, 0.1) is 13.8 Å². The van der Waals surface area contributed by atoms with Gasteiger partial charge >= 0.3 is 5.97 Å². The lowest BCUT2D eigenvalue weighted by Gasteiger charge is -2.01. The van der Waals surface area contributed by atoms with Crippen LogP contribution >= 0.6 is 11.3 Å². The highest BCUT2D eigenvalue weighted by Crippen LogP contribution is 2.15. The third-order valence-electron chi connectivity index (χ3n) is 2.38. The predicted molar refractivity (Wildman–Crippen MR) is 59.9 cm³/mol. The van der Waals surface area contributed by atoms with E-state index in [1.165, 1.54) is 11.3 Å². The van der Waals surface area contributed by atoms with Crippen molar-refractivity contribution >= 4 is 17.3 Å². The van der Waals surface area contributed by atoms with Gasteiger partial charge in [-0.1, -0.05) is 0 Å². The summed E-state index contributed by atoms with van der Waals surface area (Å²) in [6.07, 6.45) is 1.77. The number of hydrogen-bond donors (Lipinski definition) is 1. The standard InChI is InChI=1S/C10H11N3O2S/c1-6-9(10(14)15)7(2)13(12-6)4-8-3-11-5-16-8/h3,5H,4H2,1-2H3,(H,14,15). The number of aromatic carboxylic acids is 1. The molecule has 2 heterocycles. The fraction of sp³-hybridized carbons (Fsp3) is 0.300. The van der Waals surface area contributed by atoms with Crippen molar-refractivity contribution in [3.05, 3.63) is 33.5 Å². The van der Waals surface area contributed by atoms with Crippen molar-refractivity contribution in [2.45, 2.75) is 20.4 Å². The average molecular weight is 237 g/mol. The molecule has 2 rings (SSSR count). The third kappa shape index (κ3) is 1.83. The summed E-state index contributed by atoms with van der Waals surface area (Å²) >= 11 is 1.53. The summed E-state index contributed by atoms with van der Waals surface area (Å²) in [6, 6.07) is 0. The minimum Gasteiger partial charge on any atom is -0.478 e. The Morgan fingerprint density at radius 2 is 2.31 bits per heavy atom. The second kappa shape index (κ2) is 4.05. The Kier molecular flexibility index (Phi) is 2.74. The van der Waals surface area contributed by atoms with Crippen LogP contribution in [0.1, 0.15) is 26.6 Å². The molecule has 0 saturated heterocycles. The zero-order valence-electron chi connectivity index (χ0n) is 8.97. The highest BCUT2D eigenvalue weighted by Gasteiger charge is 2.17. The Morgan fingerprint density at radius 1 is 1.56 bits per heavy atom. The van der Waals surface area contributed by atoms with Gasteiger partial charge in [0.2, 0.25) is 0 Å². The van der Waals surface area contributed by atoms with E-state index in [0.29, 0.717) is 23.5 Å². The number of nitrogens with zero attached hydrogens (tertiary/aromatic N) is 3. The van der Waals surface area contributed by atoms with Crippen molar-refractivity contribution in [1.29, 1.82) is 0 Å². The Hall–Kier alpha value is -1.69. The lowest BCUT2D eigenvalue weighted by molar-refractivity contribution is 0.0695. The van der Waals surface area contributed by atoms with Crippen LogP contribution in [0.3, 0.4) is 0 Å². The number of aryl methyl sites for hydroxylation is 1. The largest absolute Gasteiger partial charge is 0.478 e. The fourth-order valence-corrected chi connectivity index (χ4v) is 2.20. The third-order valence-corrected chi connectivity index (χ3v) is 3.15. The van der Waals surface area contributed by atoms with Crippen molar-refractivity contribution in [2.24, 2.45) is 0 Å². The van der Waals surface area contributed by atoms with Crippen molar-refractivity contribution in [3.8, 4) is 0 Å². The first-order valence-electron chi connectivity index (χ1n) is 4.74. The first kappa shape index (κ1) is 10.8. The summed E-state index contributed by atoms with van der Waals surface area (Å²) < 4.78 is 1.70. The Morgan fingerprint density at radius 3 is 2.81 bits per heavy atom. The van der Waals surface area contributed by atoms with Crippen molar-refractivity contribution in [1.82, 2.24) is 14.8 Å². The Labute approximate surface area is 96.4 Å². The zero-order chi connectivity index (χ0) is 11.7. The van der Waals surface area contributed by atoms with Crippen LogP contribution < -0.4 is 0 Å². The maximum Gasteiger partial charge on any atom is 0.339 e. The molecule has 6 heteroatoms. The van der Waals surface area contributed by atoms with Crippen LogP contribution in [-0.2, 0) is 6.54 Å². The van der Waals surface area contributed by atoms with E-state index in [-0.39, 0.29) is 0 Å². The molecule has 5 nitrogen and oxygen atoms in total. The van der Waals surface area contributed by atoms with E-state index in [2.05, 4.69) is 10.1 Å². The van der Waals surface area contributed by atoms with E-state index >= 15 is 0 Å². The van der Waals surface area contributed by atoms with Gasteiger partial charge in [0.15, 0.2) is 0 Å². The molecule has 0 fully saturated rings. The molecule has 0 bridgehead atoms. The lowest BCUT2D eigenvalue weighted by Crippen LogP contribution is -2.04. The number of aromatic nitrogens is 3. The van der Waals surface area contributed by atoms with E-state index in [1.54, 1.807) is 30.2 Å². The number of rotatable bonds is 3. The summed E-state index contributed by atoms with van der Waals surface area (Å²) in [5.74, 6) is -0.925. The van der Waals surface area contributed by atoms with Crippen LogP contribution in [0.2, 0.25) is 0 Å². The molecule has 0 atom stereocenters. The van der Waals surface area contributed by atoms with E-state index in [9.17, 15) is 4.79 Å². The molecule has 1 N–H and O–H groups in total. The molecule has 2 aromatic heterocycles. The van der Waals surface area contributed by atoms with Gasteiger partial charge in [0.1, 0.15) is 5.56 Å². The molecule has 0 aliphatic carbocycles. The Balaban J connectivity index is 2.36. The zero-order valence-corrected chi connectivity index (χ0v) is 9.78. The van der Waals surface area contributed by atoms with Gasteiger partial charge in [-0.05, 0) is 13.8 Å². The molecule has 0 spiro atoms. The number of carboxylic acid groups (broad SMARTS) is 1. The van der Waals surface area contributed by atoms with E-state index in [1.807, 2.05) is 0 Å². The molecule has 0 saturated carbocycles. The van der Waals surface area contributed by atoms with E-state index in [0.717, 1.165) is 4.88 Å². The first-order valence-corrected chi connectivity index (χ1v) is 5.62. The second-order valence-corrected chi connectivity index (χ2v) is 4.45. The maximum absolute atomic E-state index is 11.0. The normalized spacial score (nSPS) is 10.6. The molecule has 0 aliphatic rings. The molecule has 2 aromatic rings. The molecular weight excluding hydrogens is 226 g/mol. The number of thiazole rings is 1. The minimum atomic E-state index is -0.925. The van der Waals surface area contributed by atoms with E-state index in [4.69, 9.17) is 5.11 Å². The molecule has 0 unspecified atom stereocenters. The molecule has 0 aliphatic heterocycles. The lowest BCUT2D eigenvalue weighted by atomic mass is 10.2. The van der Waals surface area contributed by atoms with Gasteiger partial charge in [0.25, 0.3) is 0 Å². The first-order chi connectivity index (χ1) is 7.59. The van der Waals surface area contributed by atoms with Gasteiger partial charge < -0.3 is 5.11 Å². The average Bonchev–Trinajstić information content (AvgIpc) is 2.76. The topological polar surface area (TPSA) is 68.0 Å². The summed E-state index contributed by atoms with van der Waals surface area (Å²) in [4.78, 5) is 16.0. The SMILES string of the molecule is Cc1nn(Cc2cncs2)c(C)c1C(=O)O. The summed E-state index contributed by atoms with van der Waals surface area (Å²) in [5, 5.41) is 13.2. The van der Waals surface area contributed by atoms with Gasteiger partial charge in [0.05, 0.1) is 23.4 Å². The molecule has 0 aromatic carbocycles. The van der Waals surface area contributed by atoms with Gasteiger partial charge in [-0.2, -0.15) is 5.10 Å². The van der Waals surface area contributed by atoms with Crippen LogP contribution in [0.5, 0.6) is 0 Å².